The van der Waals surface area contributed by atoms with Gasteiger partial charge in [-0.2, -0.15) is 5.10 Å². The van der Waals surface area contributed by atoms with Gasteiger partial charge in [-0.3, -0.25) is 0 Å². The average Bonchev–Trinajstić information content (AvgIpc) is 2.98. The Morgan fingerprint density at radius 1 is 1.29 bits per heavy atom. The van der Waals surface area contributed by atoms with E-state index in [9.17, 15) is 4.79 Å². The molecule has 2 heterocycles. The first-order valence-electron chi connectivity index (χ1n) is 7.81. The Morgan fingerprint density at radius 2 is 2.14 bits per heavy atom. The Bertz CT molecular complexity index is 462. The van der Waals surface area contributed by atoms with Gasteiger partial charge in [0.25, 0.3) is 0 Å². The number of nitrogens with one attached hydrogen (secondary N) is 1. The molecule has 1 aromatic heterocycles. The molecule has 3 rings (SSSR count). The van der Waals surface area contributed by atoms with E-state index >= 15 is 0 Å². The first kappa shape index (κ1) is 14.1. The number of urea groups is 1. The number of hydrogen-bond donors (Lipinski definition) is 1. The minimum atomic E-state index is 0.0128. The van der Waals surface area contributed by atoms with Crippen LogP contribution >= 0.6 is 0 Å². The van der Waals surface area contributed by atoms with E-state index in [0.717, 1.165) is 25.8 Å². The van der Waals surface area contributed by atoms with Gasteiger partial charge in [0, 0.05) is 31.3 Å². The molecule has 0 spiro atoms. The zero-order valence-electron chi connectivity index (χ0n) is 12.2. The zero-order chi connectivity index (χ0) is 14.5. The number of rotatable bonds is 3. The molecule has 1 saturated heterocycles. The second-order valence-corrected chi connectivity index (χ2v) is 5.82. The summed E-state index contributed by atoms with van der Waals surface area (Å²) < 4.78 is 5.75. The van der Waals surface area contributed by atoms with Crippen LogP contribution in [0, 0.1) is 0 Å². The lowest BCUT2D eigenvalue weighted by atomic mass is 9.96. The van der Waals surface area contributed by atoms with Crippen LogP contribution in [0.3, 0.4) is 0 Å². The predicted octanol–water partition coefficient (Wildman–Crippen LogP) is 1.97. The van der Waals surface area contributed by atoms with Crippen molar-refractivity contribution in [2.24, 2.45) is 0 Å². The van der Waals surface area contributed by atoms with Crippen molar-refractivity contribution >= 4 is 6.03 Å². The highest BCUT2D eigenvalue weighted by molar-refractivity contribution is 5.74. The molecular weight excluding hydrogens is 268 g/mol. The van der Waals surface area contributed by atoms with E-state index in [2.05, 4.69) is 15.5 Å². The van der Waals surface area contributed by atoms with Gasteiger partial charge in [0.05, 0.1) is 6.54 Å². The molecule has 2 aliphatic rings. The Hall–Kier alpha value is -1.85. The highest BCUT2D eigenvalue weighted by Crippen LogP contribution is 2.19. The van der Waals surface area contributed by atoms with E-state index in [4.69, 9.17) is 4.74 Å². The van der Waals surface area contributed by atoms with Crippen molar-refractivity contribution in [3.8, 4) is 5.88 Å². The monoisotopic (exact) mass is 290 g/mol. The number of hydrogen-bond acceptors (Lipinski definition) is 4. The van der Waals surface area contributed by atoms with Crippen LogP contribution in [-0.4, -0.2) is 46.4 Å². The molecule has 1 N–H and O–H groups in total. The molecule has 1 unspecified atom stereocenters. The Balaban J connectivity index is 1.46. The van der Waals surface area contributed by atoms with Crippen LogP contribution in [0.4, 0.5) is 4.79 Å². The molecule has 1 aliphatic carbocycles. The molecule has 6 heteroatoms. The third kappa shape index (κ3) is 3.83. The largest absolute Gasteiger partial charge is 0.471 e. The maximum atomic E-state index is 12.2. The Labute approximate surface area is 124 Å². The first-order valence-corrected chi connectivity index (χ1v) is 7.81. The summed E-state index contributed by atoms with van der Waals surface area (Å²) in [6.07, 6.45) is 8.44. The van der Waals surface area contributed by atoms with E-state index in [1.807, 2.05) is 4.90 Å². The minimum Gasteiger partial charge on any atom is -0.471 e. The first-order chi connectivity index (χ1) is 10.3. The maximum Gasteiger partial charge on any atom is 0.317 e. The van der Waals surface area contributed by atoms with Crippen LogP contribution in [0.15, 0.2) is 18.3 Å². The molecule has 1 aromatic rings. The standard InChI is InChI=1S/C15H22N4O2/c20-15(17-12-5-2-1-3-6-12)19-10-8-13(11-19)21-14-7-4-9-16-18-14/h4,7,9,12-13H,1-3,5-6,8,10-11H2,(H,17,20). The average molecular weight is 290 g/mol. The smallest absolute Gasteiger partial charge is 0.317 e. The van der Waals surface area contributed by atoms with Crippen LogP contribution in [0.25, 0.3) is 0 Å². The number of aromatic nitrogens is 2. The molecule has 2 amide bonds. The van der Waals surface area contributed by atoms with Crippen LogP contribution in [0.5, 0.6) is 5.88 Å². The molecule has 0 aromatic carbocycles. The minimum absolute atomic E-state index is 0.0128. The van der Waals surface area contributed by atoms with Crippen molar-refractivity contribution in [3.63, 3.8) is 0 Å². The number of carbonyl (C=O) groups is 1. The lowest BCUT2D eigenvalue weighted by molar-refractivity contribution is 0.178. The number of nitrogens with zero attached hydrogens (tertiary/aromatic N) is 3. The van der Waals surface area contributed by atoms with Gasteiger partial charge in [-0.15, -0.1) is 5.10 Å². The second-order valence-electron chi connectivity index (χ2n) is 5.82. The topological polar surface area (TPSA) is 67.4 Å². The fraction of sp³-hybridized carbons (Fsp3) is 0.667. The van der Waals surface area contributed by atoms with E-state index in [1.165, 1.54) is 19.3 Å². The summed E-state index contributed by atoms with van der Waals surface area (Å²) in [6, 6.07) is 3.99. The molecule has 0 bridgehead atoms. The zero-order valence-corrected chi connectivity index (χ0v) is 12.2. The van der Waals surface area contributed by atoms with Crippen molar-refractivity contribution in [1.82, 2.24) is 20.4 Å². The molecule has 1 aliphatic heterocycles. The third-order valence-corrected chi connectivity index (χ3v) is 4.20. The number of carbonyl (C=O) groups excluding carboxylic acids is 1. The van der Waals surface area contributed by atoms with Crippen molar-refractivity contribution in [2.45, 2.75) is 50.7 Å². The van der Waals surface area contributed by atoms with E-state index in [1.54, 1.807) is 18.3 Å². The Morgan fingerprint density at radius 3 is 2.90 bits per heavy atom. The van der Waals surface area contributed by atoms with Gasteiger partial charge >= 0.3 is 6.03 Å². The summed E-state index contributed by atoms with van der Waals surface area (Å²) in [6.45, 7) is 1.36. The summed E-state index contributed by atoms with van der Waals surface area (Å²) in [4.78, 5) is 14.1. The quantitative estimate of drug-likeness (QED) is 0.924. The van der Waals surface area contributed by atoms with Gasteiger partial charge < -0.3 is 15.0 Å². The molecule has 1 saturated carbocycles. The van der Waals surface area contributed by atoms with Crippen LogP contribution in [-0.2, 0) is 0 Å². The maximum absolute atomic E-state index is 12.2. The number of ether oxygens (including phenoxy) is 1. The second kappa shape index (κ2) is 6.74. The predicted molar refractivity (Wildman–Crippen MR) is 78.0 cm³/mol. The van der Waals surface area contributed by atoms with Crippen molar-refractivity contribution < 1.29 is 9.53 Å². The van der Waals surface area contributed by atoms with Gasteiger partial charge in [-0.05, 0) is 18.9 Å². The molecular formula is C15H22N4O2. The van der Waals surface area contributed by atoms with Gasteiger partial charge in [0.1, 0.15) is 6.10 Å². The van der Waals surface area contributed by atoms with Crippen LogP contribution in [0.1, 0.15) is 38.5 Å². The molecule has 1 atom stereocenters. The van der Waals surface area contributed by atoms with Crippen molar-refractivity contribution in [1.29, 1.82) is 0 Å². The van der Waals surface area contributed by atoms with Crippen LogP contribution < -0.4 is 10.1 Å². The normalized spacial score (nSPS) is 23.0. The summed E-state index contributed by atoms with van der Waals surface area (Å²) >= 11 is 0. The Kier molecular flexibility index (Phi) is 4.52. The van der Waals surface area contributed by atoms with Gasteiger partial charge in [-0.25, -0.2) is 4.79 Å². The molecule has 6 nitrogen and oxygen atoms in total. The summed E-state index contributed by atoms with van der Waals surface area (Å²) in [5.74, 6) is 0.525. The summed E-state index contributed by atoms with van der Waals surface area (Å²) in [7, 11) is 0. The van der Waals surface area contributed by atoms with Crippen LogP contribution in [0.2, 0.25) is 0 Å². The van der Waals surface area contributed by atoms with Crippen molar-refractivity contribution in [3.05, 3.63) is 18.3 Å². The summed E-state index contributed by atoms with van der Waals surface area (Å²) in [5.41, 5.74) is 0. The third-order valence-electron chi connectivity index (χ3n) is 4.20. The number of amides is 2. The lowest BCUT2D eigenvalue weighted by Crippen LogP contribution is -2.45. The fourth-order valence-electron chi connectivity index (χ4n) is 3.04. The van der Waals surface area contributed by atoms with Gasteiger partial charge in [0.2, 0.25) is 5.88 Å². The molecule has 0 radical (unpaired) electrons. The molecule has 21 heavy (non-hydrogen) atoms. The van der Waals surface area contributed by atoms with Gasteiger partial charge in [-0.1, -0.05) is 19.3 Å². The molecule has 2 fully saturated rings. The number of likely N-dealkylation sites (tertiary alicyclic amines) is 1. The van der Waals surface area contributed by atoms with Crippen molar-refractivity contribution in [2.75, 3.05) is 13.1 Å². The van der Waals surface area contributed by atoms with E-state index < -0.39 is 0 Å². The van der Waals surface area contributed by atoms with E-state index in [0.29, 0.717) is 18.5 Å². The van der Waals surface area contributed by atoms with E-state index in [-0.39, 0.29) is 12.1 Å². The summed E-state index contributed by atoms with van der Waals surface area (Å²) in [5, 5.41) is 10.9. The molecule has 114 valence electrons. The fourth-order valence-corrected chi connectivity index (χ4v) is 3.04. The SMILES string of the molecule is O=C(NC1CCCCC1)N1CCC(Oc2cccnn2)C1. The lowest BCUT2D eigenvalue weighted by Gasteiger charge is -2.26. The van der Waals surface area contributed by atoms with Gasteiger partial charge in [0.15, 0.2) is 0 Å². The highest BCUT2D eigenvalue weighted by Gasteiger charge is 2.29. The highest BCUT2D eigenvalue weighted by atomic mass is 16.5.